The van der Waals surface area contributed by atoms with Crippen molar-refractivity contribution in [3.8, 4) is 0 Å². The number of carbonyl (C=O) groups excluding carboxylic acids is 1. The summed E-state index contributed by atoms with van der Waals surface area (Å²) in [6.45, 7) is 8.09. The van der Waals surface area contributed by atoms with Gasteiger partial charge in [0.2, 0.25) is 0 Å². The largest absolute Gasteiger partial charge is 0.320 e. The van der Waals surface area contributed by atoms with Crippen molar-refractivity contribution in [3.63, 3.8) is 0 Å². The third-order valence-corrected chi connectivity index (χ3v) is 6.37. The summed E-state index contributed by atoms with van der Waals surface area (Å²) in [5.74, 6) is 0.252. The molecule has 5 heterocycles. The van der Waals surface area contributed by atoms with Crippen LogP contribution in [0.25, 0.3) is 11.1 Å². The molecule has 0 spiro atoms. The van der Waals surface area contributed by atoms with Crippen molar-refractivity contribution in [3.05, 3.63) is 88.8 Å². The molecular formula is C26H28N4O. The topological polar surface area (TPSA) is 49.6 Å². The molecular weight excluding hydrogens is 384 g/mol. The van der Waals surface area contributed by atoms with Gasteiger partial charge in [-0.15, -0.1) is 0 Å². The number of nitrogens with one attached hydrogen (secondary N) is 1. The van der Waals surface area contributed by atoms with Crippen LogP contribution in [0.1, 0.15) is 36.7 Å². The minimum Gasteiger partial charge on any atom is -0.320 e. The highest BCUT2D eigenvalue weighted by Crippen LogP contribution is 2.33. The molecule has 2 aromatic rings. The summed E-state index contributed by atoms with van der Waals surface area (Å²) in [5, 5.41) is 3.35. The van der Waals surface area contributed by atoms with Gasteiger partial charge in [0.15, 0.2) is 0 Å². The van der Waals surface area contributed by atoms with Gasteiger partial charge in [0, 0.05) is 36.9 Å². The van der Waals surface area contributed by atoms with Crippen LogP contribution in [0.3, 0.4) is 0 Å². The lowest BCUT2D eigenvalue weighted by atomic mass is 9.90. The second-order valence-corrected chi connectivity index (χ2v) is 8.66. The number of allylic oxidation sites excluding steroid dienone is 5. The van der Waals surface area contributed by atoms with Gasteiger partial charge in [-0.3, -0.25) is 14.7 Å². The van der Waals surface area contributed by atoms with Crippen molar-refractivity contribution in [1.82, 2.24) is 19.6 Å². The summed E-state index contributed by atoms with van der Waals surface area (Å²) in [6.07, 6.45) is 18.5. The molecule has 0 saturated heterocycles. The van der Waals surface area contributed by atoms with Gasteiger partial charge >= 0.3 is 0 Å². The fourth-order valence-electron chi connectivity index (χ4n) is 4.67. The highest BCUT2D eigenvalue weighted by molar-refractivity contribution is 5.98. The summed E-state index contributed by atoms with van der Waals surface area (Å²) in [5.41, 5.74) is 8.63. The van der Waals surface area contributed by atoms with Gasteiger partial charge in [-0.05, 0) is 73.6 Å². The molecule has 1 N–H and O–H groups in total. The monoisotopic (exact) mass is 412 g/mol. The van der Waals surface area contributed by atoms with E-state index in [1.54, 1.807) is 4.90 Å². The summed E-state index contributed by atoms with van der Waals surface area (Å²) in [4.78, 5) is 19.8. The van der Waals surface area contributed by atoms with E-state index >= 15 is 0 Å². The molecule has 2 aromatic heterocycles. The number of carbonyl (C=O) groups is 1. The molecule has 0 bridgehead atoms. The first-order chi connectivity index (χ1) is 15.0. The number of nitrogens with zero attached hydrogens (tertiary/aromatic N) is 3. The lowest BCUT2D eigenvalue weighted by Crippen LogP contribution is -2.28. The van der Waals surface area contributed by atoms with Crippen LogP contribution in [0, 0.1) is 19.8 Å². The predicted molar refractivity (Wildman–Crippen MR) is 124 cm³/mol. The molecule has 0 aromatic carbocycles. The third-order valence-electron chi connectivity index (χ3n) is 6.37. The van der Waals surface area contributed by atoms with Crippen LogP contribution in [0.5, 0.6) is 0 Å². The van der Waals surface area contributed by atoms with E-state index < -0.39 is 0 Å². The van der Waals surface area contributed by atoms with Crippen molar-refractivity contribution in [2.45, 2.75) is 33.6 Å². The van der Waals surface area contributed by atoms with Gasteiger partial charge < -0.3 is 9.72 Å². The molecule has 31 heavy (non-hydrogen) atoms. The second kappa shape index (κ2) is 7.82. The number of rotatable bonds is 2. The third kappa shape index (κ3) is 3.70. The lowest BCUT2D eigenvalue weighted by Gasteiger charge is -2.28. The van der Waals surface area contributed by atoms with Gasteiger partial charge in [-0.25, -0.2) is 0 Å². The van der Waals surface area contributed by atoms with E-state index in [1.165, 1.54) is 5.57 Å². The molecule has 5 nitrogen and oxygen atoms in total. The van der Waals surface area contributed by atoms with Gasteiger partial charge in [-0.2, -0.15) is 0 Å². The Hall–Kier alpha value is -3.18. The molecule has 158 valence electrons. The average molecular weight is 413 g/mol. The van der Waals surface area contributed by atoms with E-state index in [9.17, 15) is 4.79 Å². The van der Waals surface area contributed by atoms with Crippen LogP contribution in [-0.2, 0) is 4.79 Å². The number of fused-ring (bicyclic) bond motifs is 2. The molecule has 0 saturated carbocycles. The van der Waals surface area contributed by atoms with Crippen LogP contribution in [0.15, 0.2) is 71.9 Å². The molecule has 3 aliphatic heterocycles. The second-order valence-electron chi connectivity index (χ2n) is 8.66. The SMILES string of the molecule is Cc1cn2cc(C3=CC(=O)N4C=C(C5=CCNCC5)C=CC4=CCC3C)cc2c(C)n1. The quantitative estimate of drug-likeness (QED) is 0.792. The molecule has 0 radical (unpaired) electrons. The van der Waals surface area contributed by atoms with E-state index in [2.05, 4.69) is 58.2 Å². The number of hydrogen-bond acceptors (Lipinski definition) is 3. The average Bonchev–Trinajstić information content (AvgIpc) is 3.19. The lowest BCUT2D eigenvalue weighted by molar-refractivity contribution is -0.122. The maximum Gasteiger partial charge on any atom is 0.255 e. The Kier molecular flexibility index (Phi) is 4.98. The molecule has 0 aliphatic carbocycles. The van der Waals surface area contributed by atoms with E-state index in [0.717, 1.165) is 65.2 Å². The minimum atomic E-state index is 0.00506. The predicted octanol–water partition coefficient (Wildman–Crippen LogP) is 4.46. The minimum absolute atomic E-state index is 0.00506. The highest BCUT2D eigenvalue weighted by Gasteiger charge is 2.24. The van der Waals surface area contributed by atoms with Crippen LogP contribution in [-0.4, -0.2) is 33.3 Å². The molecule has 0 fully saturated rings. The summed E-state index contributed by atoms with van der Waals surface area (Å²) < 4.78 is 2.12. The molecule has 1 unspecified atom stereocenters. The first kappa shape index (κ1) is 19.8. The van der Waals surface area contributed by atoms with Crippen molar-refractivity contribution in [1.29, 1.82) is 0 Å². The summed E-state index contributed by atoms with van der Waals surface area (Å²) in [7, 11) is 0. The van der Waals surface area contributed by atoms with Crippen LogP contribution in [0.2, 0.25) is 0 Å². The highest BCUT2D eigenvalue weighted by atomic mass is 16.2. The fraction of sp³-hybridized carbons (Fsp3) is 0.308. The van der Waals surface area contributed by atoms with Gasteiger partial charge in [0.1, 0.15) is 0 Å². The van der Waals surface area contributed by atoms with Crippen LogP contribution < -0.4 is 5.32 Å². The number of aromatic nitrogens is 2. The first-order valence-electron chi connectivity index (χ1n) is 11.0. The van der Waals surface area contributed by atoms with E-state index in [0.29, 0.717) is 0 Å². The molecule has 1 amide bonds. The Morgan fingerprint density at radius 3 is 2.84 bits per heavy atom. The molecule has 5 heteroatoms. The first-order valence-corrected chi connectivity index (χ1v) is 11.0. The number of aryl methyl sites for hydroxylation is 2. The maximum atomic E-state index is 13.4. The number of amides is 1. The van der Waals surface area contributed by atoms with Gasteiger partial charge in [0.05, 0.1) is 16.9 Å². The van der Waals surface area contributed by atoms with Crippen molar-refractivity contribution < 1.29 is 4.79 Å². The summed E-state index contributed by atoms with van der Waals surface area (Å²) >= 11 is 0. The van der Waals surface area contributed by atoms with Crippen molar-refractivity contribution in [2.75, 3.05) is 13.1 Å². The smallest absolute Gasteiger partial charge is 0.255 e. The Bertz CT molecular complexity index is 1220. The van der Waals surface area contributed by atoms with E-state index in [4.69, 9.17) is 0 Å². The zero-order chi connectivity index (χ0) is 21.5. The normalized spacial score (nSPS) is 21.7. The van der Waals surface area contributed by atoms with Crippen molar-refractivity contribution >= 4 is 17.0 Å². The summed E-state index contributed by atoms with van der Waals surface area (Å²) in [6, 6.07) is 2.15. The molecule has 1 atom stereocenters. The zero-order valence-corrected chi connectivity index (χ0v) is 18.4. The molecule has 3 aliphatic rings. The Labute approximate surface area is 183 Å². The standard InChI is InChI=1S/C26H28N4O/c1-17-4-6-23-7-5-21(20-8-10-27-11-9-20)16-30(23)26(31)13-24(17)22-12-25-19(3)28-18(2)14-29(25)15-22/h5-8,12-17,27H,4,9-11H2,1-3H3. The maximum absolute atomic E-state index is 13.4. The van der Waals surface area contributed by atoms with Gasteiger partial charge in [0.25, 0.3) is 5.91 Å². The Morgan fingerprint density at radius 2 is 2.03 bits per heavy atom. The van der Waals surface area contributed by atoms with Gasteiger partial charge in [-0.1, -0.05) is 25.2 Å². The van der Waals surface area contributed by atoms with Crippen molar-refractivity contribution in [2.24, 2.45) is 5.92 Å². The van der Waals surface area contributed by atoms with E-state index in [1.807, 2.05) is 32.3 Å². The fourth-order valence-corrected chi connectivity index (χ4v) is 4.67. The van der Waals surface area contributed by atoms with Crippen LogP contribution in [0.4, 0.5) is 0 Å². The number of hydrogen-bond donors (Lipinski definition) is 1. The zero-order valence-electron chi connectivity index (χ0n) is 18.4. The van der Waals surface area contributed by atoms with Crippen LogP contribution >= 0.6 is 0 Å². The Morgan fingerprint density at radius 1 is 1.16 bits per heavy atom. The Balaban J connectivity index is 1.53. The van der Waals surface area contributed by atoms with E-state index in [-0.39, 0.29) is 11.8 Å². The molecule has 5 rings (SSSR count).